The average Bonchev–Trinajstić information content (AvgIpc) is 2.32. The zero-order chi connectivity index (χ0) is 13.3. The van der Waals surface area contributed by atoms with E-state index in [1.54, 1.807) is 6.07 Å². The Morgan fingerprint density at radius 1 is 1.50 bits per heavy atom. The predicted molar refractivity (Wildman–Crippen MR) is 76.1 cm³/mol. The van der Waals surface area contributed by atoms with Gasteiger partial charge in [0.25, 0.3) is 0 Å². The van der Waals surface area contributed by atoms with Gasteiger partial charge in [-0.2, -0.15) is 11.8 Å². The second-order valence-corrected chi connectivity index (χ2v) is 6.04. The number of thioether (sulfide) groups is 1. The summed E-state index contributed by atoms with van der Waals surface area (Å²) in [5.41, 5.74) is 6.48. The minimum absolute atomic E-state index is 0.207. The fourth-order valence-electron chi connectivity index (χ4n) is 2.29. The number of benzene rings is 1. The maximum absolute atomic E-state index is 13.8. The maximum Gasteiger partial charge on any atom is 0.136 e. The van der Waals surface area contributed by atoms with E-state index in [0.717, 1.165) is 18.0 Å². The largest absolute Gasteiger partial charge is 0.384 e. The van der Waals surface area contributed by atoms with Crippen molar-refractivity contribution in [3.63, 3.8) is 0 Å². The third-order valence-corrected chi connectivity index (χ3v) is 4.79. The molecule has 5 heteroatoms. The molecule has 1 saturated heterocycles. The molecular formula is C13H18FN3S. The Morgan fingerprint density at radius 2 is 2.22 bits per heavy atom. The van der Waals surface area contributed by atoms with Crippen LogP contribution in [0.5, 0.6) is 0 Å². The molecule has 1 aromatic rings. The summed E-state index contributed by atoms with van der Waals surface area (Å²) in [7, 11) is 0. The first-order valence-corrected chi connectivity index (χ1v) is 7.08. The highest BCUT2D eigenvalue weighted by molar-refractivity contribution is 8.00. The summed E-state index contributed by atoms with van der Waals surface area (Å²) >= 11 is 1.92. The van der Waals surface area contributed by atoms with E-state index in [9.17, 15) is 4.39 Å². The van der Waals surface area contributed by atoms with E-state index < -0.39 is 5.82 Å². The van der Waals surface area contributed by atoms with E-state index in [1.807, 2.05) is 17.8 Å². The van der Waals surface area contributed by atoms with Crippen molar-refractivity contribution in [2.45, 2.75) is 25.1 Å². The molecule has 18 heavy (non-hydrogen) atoms. The lowest BCUT2D eigenvalue weighted by Crippen LogP contribution is -2.45. The van der Waals surface area contributed by atoms with Crippen LogP contribution < -0.4 is 10.6 Å². The fraction of sp³-hybridized carbons (Fsp3) is 0.462. The van der Waals surface area contributed by atoms with Gasteiger partial charge in [0, 0.05) is 23.6 Å². The maximum atomic E-state index is 13.8. The number of nitrogens with zero attached hydrogens (tertiary/aromatic N) is 1. The summed E-state index contributed by atoms with van der Waals surface area (Å²) in [6, 6.07) is 5.19. The van der Waals surface area contributed by atoms with Gasteiger partial charge in [-0.1, -0.05) is 13.0 Å². The van der Waals surface area contributed by atoms with Gasteiger partial charge in [0.05, 0.1) is 11.3 Å². The van der Waals surface area contributed by atoms with Gasteiger partial charge in [-0.3, -0.25) is 5.41 Å². The van der Waals surface area contributed by atoms with Crippen LogP contribution in [0.15, 0.2) is 18.2 Å². The van der Waals surface area contributed by atoms with E-state index in [4.69, 9.17) is 11.1 Å². The minimum atomic E-state index is -0.418. The van der Waals surface area contributed by atoms with Gasteiger partial charge in [0.2, 0.25) is 0 Å². The predicted octanol–water partition coefficient (Wildman–Crippen LogP) is 2.44. The van der Waals surface area contributed by atoms with Gasteiger partial charge in [-0.25, -0.2) is 4.39 Å². The van der Waals surface area contributed by atoms with Crippen molar-refractivity contribution in [3.8, 4) is 0 Å². The molecule has 1 fully saturated rings. The first-order valence-electron chi connectivity index (χ1n) is 6.03. The van der Waals surface area contributed by atoms with Crippen LogP contribution >= 0.6 is 11.8 Å². The van der Waals surface area contributed by atoms with Crippen LogP contribution in [0.1, 0.15) is 19.4 Å². The molecule has 0 amide bonds. The number of nitrogens with one attached hydrogen (secondary N) is 1. The Morgan fingerprint density at radius 3 is 2.89 bits per heavy atom. The molecule has 3 N–H and O–H groups in total. The third-order valence-electron chi connectivity index (χ3n) is 3.45. The standard InChI is InChI=1S/C13H18FN3S/c1-8-9(2)18-7-6-17(8)11-5-3-4-10(14)12(11)13(15)16/h3-5,8-9H,6-7H2,1-2H3,(H3,15,16). The van der Waals surface area contributed by atoms with Crippen molar-refractivity contribution in [1.29, 1.82) is 5.41 Å². The topological polar surface area (TPSA) is 53.1 Å². The Bertz CT molecular complexity index is 464. The van der Waals surface area contributed by atoms with E-state index in [1.165, 1.54) is 6.07 Å². The lowest BCUT2D eigenvalue weighted by Gasteiger charge is -2.40. The molecule has 0 aliphatic carbocycles. The van der Waals surface area contributed by atoms with Crippen LogP contribution in [-0.2, 0) is 0 Å². The molecule has 0 bridgehead atoms. The van der Waals surface area contributed by atoms with Crippen LogP contribution in [-0.4, -0.2) is 29.4 Å². The van der Waals surface area contributed by atoms with E-state index >= 15 is 0 Å². The van der Waals surface area contributed by atoms with E-state index in [0.29, 0.717) is 11.3 Å². The molecule has 0 saturated carbocycles. The van der Waals surface area contributed by atoms with Crippen LogP contribution in [0, 0.1) is 11.2 Å². The highest BCUT2D eigenvalue weighted by atomic mass is 32.2. The van der Waals surface area contributed by atoms with Crippen LogP contribution in [0.2, 0.25) is 0 Å². The van der Waals surface area contributed by atoms with Gasteiger partial charge in [0.1, 0.15) is 11.7 Å². The Hall–Kier alpha value is -1.23. The van der Waals surface area contributed by atoms with Gasteiger partial charge < -0.3 is 10.6 Å². The van der Waals surface area contributed by atoms with E-state index in [-0.39, 0.29) is 11.4 Å². The summed E-state index contributed by atoms with van der Waals surface area (Å²) in [5.74, 6) is 0.388. The molecular weight excluding hydrogens is 249 g/mol. The molecule has 2 rings (SSSR count). The monoisotopic (exact) mass is 267 g/mol. The Kier molecular flexibility index (Phi) is 3.80. The zero-order valence-corrected chi connectivity index (χ0v) is 11.4. The second-order valence-electron chi connectivity index (χ2n) is 4.56. The summed E-state index contributed by atoms with van der Waals surface area (Å²) in [4.78, 5) is 2.15. The lowest BCUT2D eigenvalue weighted by atomic mass is 10.1. The molecule has 1 aromatic carbocycles. The van der Waals surface area contributed by atoms with Crippen molar-refractivity contribution in [3.05, 3.63) is 29.6 Å². The summed E-state index contributed by atoms with van der Waals surface area (Å²) in [6.45, 7) is 5.17. The number of hydrogen-bond donors (Lipinski definition) is 2. The quantitative estimate of drug-likeness (QED) is 0.639. The highest BCUT2D eigenvalue weighted by Gasteiger charge is 2.28. The second kappa shape index (κ2) is 5.18. The zero-order valence-electron chi connectivity index (χ0n) is 10.6. The van der Waals surface area contributed by atoms with Crippen molar-refractivity contribution in [2.75, 3.05) is 17.2 Å². The van der Waals surface area contributed by atoms with Crippen molar-refractivity contribution < 1.29 is 4.39 Å². The third kappa shape index (κ3) is 2.32. The van der Waals surface area contributed by atoms with Crippen molar-refractivity contribution in [1.82, 2.24) is 0 Å². The summed E-state index contributed by atoms with van der Waals surface area (Å²) < 4.78 is 13.8. The number of hydrogen-bond acceptors (Lipinski definition) is 3. The van der Waals surface area contributed by atoms with Gasteiger partial charge in [0.15, 0.2) is 0 Å². The Labute approximate surface area is 111 Å². The molecule has 98 valence electrons. The fourth-order valence-corrected chi connectivity index (χ4v) is 3.39. The van der Waals surface area contributed by atoms with E-state index in [2.05, 4.69) is 18.7 Å². The first-order chi connectivity index (χ1) is 8.52. The summed E-state index contributed by atoms with van der Waals surface area (Å²) in [6.07, 6.45) is 0. The lowest BCUT2D eigenvalue weighted by molar-refractivity contribution is 0.607. The SMILES string of the molecule is CC1SCCN(c2cccc(F)c2C(=N)N)C1C. The van der Waals surface area contributed by atoms with Gasteiger partial charge in [-0.05, 0) is 19.1 Å². The first kappa shape index (κ1) is 13.2. The number of halogens is 1. The van der Waals surface area contributed by atoms with Crippen LogP contribution in [0.4, 0.5) is 10.1 Å². The van der Waals surface area contributed by atoms with Gasteiger partial charge in [-0.15, -0.1) is 0 Å². The molecule has 2 unspecified atom stereocenters. The molecule has 0 aromatic heterocycles. The number of rotatable bonds is 2. The molecule has 2 atom stereocenters. The number of nitrogens with two attached hydrogens (primary N) is 1. The molecule has 3 nitrogen and oxygen atoms in total. The molecule has 1 aliphatic rings. The Balaban J connectivity index is 2.44. The molecule has 0 radical (unpaired) electrons. The number of nitrogen functional groups attached to an aromatic ring is 1. The molecule has 0 spiro atoms. The minimum Gasteiger partial charge on any atom is -0.384 e. The molecule has 1 heterocycles. The number of anilines is 1. The average molecular weight is 267 g/mol. The smallest absolute Gasteiger partial charge is 0.136 e. The molecule has 1 aliphatic heterocycles. The van der Waals surface area contributed by atoms with Crippen molar-refractivity contribution >= 4 is 23.3 Å². The van der Waals surface area contributed by atoms with Crippen LogP contribution in [0.3, 0.4) is 0 Å². The normalized spacial score (nSPS) is 24.1. The van der Waals surface area contributed by atoms with Crippen molar-refractivity contribution in [2.24, 2.45) is 5.73 Å². The highest BCUT2D eigenvalue weighted by Crippen LogP contribution is 2.31. The van der Waals surface area contributed by atoms with Crippen LogP contribution in [0.25, 0.3) is 0 Å². The summed E-state index contributed by atoms with van der Waals surface area (Å²) in [5, 5.41) is 8.05. The number of amidine groups is 1. The van der Waals surface area contributed by atoms with Gasteiger partial charge >= 0.3 is 0 Å².